The fourth-order valence-corrected chi connectivity index (χ4v) is 4.82. The van der Waals surface area contributed by atoms with Gasteiger partial charge >= 0.3 is 5.97 Å². The molecule has 3 heterocycles. The molecule has 37 heavy (non-hydrogen) atoms. The van der Waals surface area contributed by atoms with E-state index in [1.165, 1.54) is 19.1 Å². The Balaban J connectivity index is 1.31. The third-order valence-corrected chi connectivity index (χ3v) is 6.92. The summed E-state index contributed by atoms with van der Waals surface area (Å²) >= 11 is 0. The van der Waals surface area contributed by atoms with Crippen LogP contribution in [0.4, 0.5) is 11.5 Å². The number of carbonyl (C=O) groups excluding carboxylic acids is 1. The predicted molar refractivity (Wildman–Crippen MR) is 148 cm³/mol. The van der Waals surface area contributed by atoms with Crippen LogP contribution in [0.15, 0.2) is 48.7 Å². The van der Waals surface area contributed by atoms with Gasteiger partial charge in [-0.1, -0.05) is 24.3 Å². The summed E-state index contributed by atoms with van der Waals surface area (Å²) in [5.41, 5.74) is 4.25. The van der Waals surface area contributed by atoms with Crippen LogP contribution in [-0.2, 0) is 27.1 Å². The Morgan fingerprint density at radius 1 is 1.11 bits per heavy atom. The topological polar surface area (TPSA) is 88.6 Å². The van der Waals surface area contributed by atoms with Crippen molar-refractivity contribution in [3.63, 3.8) is 0 Å². The Kier molecular flexibility index (Phi) is 10.1. The van der Waals surface area contributed by atoms with Gasteiger partial charge in [0.1, 0.15) is 11.9 Å². The lowest BCUT2D eigenvalue weighted by atomic mass is 10.1. The Hall–Kier alpha value is -3.23. The maximum atomic E-state index is 12.6. The monoisotopic (exact) mass is 505 g/mol. The number of methoxy groups -OCH3 is 2. The van der Waals surface area contributed by atoms with Crippen LogP contribution in [0.2, 0.25) is 0 Å². The summed E-state index contributed by atoms with van der Waals surface area (Å²) in [5, 5.41) is 7.82. The molecule has 0 unspecified atom stereocenters. The number of hydrogen-bond acceptors (Lipinski definition) is 8. The van der Waals surface area contributed by atoms with Gasteiger partial charge in [-0.3, -0.25) is 4.98 Å². The largest absolute Gasteiger partial charge is 0.467 e. The number of para-hydroxylation sites is 1. The maximum absolute atomic E-state index is 12.6. The average molecular weight is 506 g/mol. The smallest absolute Gasteiger partial charge is 0.328 e. The highest BCUT2D eigenvalue weighted by molar-refractivity contribution is 5.92. The molecule has 1 aromatic carbocycles. The van der Waals surface area contributed by atoms with Crippen molar-refractivity contribution in [2.45, 2.75) is 44.6 Å². The van der Waals surface area contributed by atoms with Gasteiger partial charge in [0.2, 0.25) is 0 Å². The minimum atomic E-state index is -0.451. The molecule has 3 aromatic rings. The van der Waals surface area contributed by atoms with E-state index in [0.29, 0.717) is 13.0 Å². The highest BCUT2D eigenvalue weighted by atomic mass is 16.5. The normalized spacial score (nSPS) is 13.7. The van der Waals surface area contributed by atoms with Crippen LogP contribution >= 0.6 is 0 Å². The van der Waals surface area contributed by atoms with Gasteiger partial charge in [-0.05, 0) is 68.8 Å². The average Bonchev–Trinajstić information content (AvgIpc) is 2.95. The van der Waals surface area contributed by atoms with Crippen molar-refractivity contribution in [1.29, 1.82) is 0 Å². The fraction of sp³-hybridized carbons (Fsp3) is 0.483. The van der Waals surface area contributed by atoms with Crippen LogP contribution in [0.25, 0.3) is 10.9 Å². The van der Waals surface area contributed by atoms with Crippen molar-refractivity contribution in [1.82, 2.24) is 14.9 Å². The Bertz CT molecular complexity index is 1150. The number of rotatable bonds is 14. The number of nitrogens with zero attached hydrogens (tertiary/aromatic N) is 3. The second-order valence-electron chi connectivity index (χ2n) is 9.52. The molecule has 1 aliphatic heterocycles. The number of hydrogen-bond donors (Lipinski definition) is 2. The molecule has 198 valence electrons. The Labute approximate surface area is 219 Å². The number of ether oxygens (including phenoxy) is 2. The molecule has 1 aliphatic rings. The summed E-state index contributed by atoms with van der Waals surface area (Å²) in [6.07, 6.45) is 7.77. The summed E-state index contributed by atoms with van der Waals surface area (Å²) in [6.45, 7) is 4.20. The van der Waals surface area contributed by atoms with Gasteiger partial charge in [0.25, 0.3) is 0 Å². The molecule has 0 saturated heterocycles. The molecule has 0 aliphatic carbocycles. The zero-order chi connectivity index (χ0) is 25.9. The van der Waals surface area contributed by atoms with E-state index in [1.807, 2.05) is 30.3 Å². The standard InChI is InChI=1S/C29H39N5O3/c1-36-21-20-34(18-6-5-9-23-13-12-22-8-7-16-31-28(22)32-23)19-15-27(29(35)37-2)33-26-14-17-30-25-11-4-3-10-24(25)26/h3-4,10-14,17,27H,5-9,15-16,18-21H2,1-2H3,(H,30,33)(H,31,32)/t27-/m0/s1. The molecule has 0 fully saturated rings. The number of fused-ring (bicyclic) bond motifs is 2. The molecule has 8 nitrogen and oxygen atoms in total. The molecular formula is C29H39N5O3. The number of esters is 1. The van der Waals surface area contributed by atoms with Crippen LogP contribution in [0.3, 0.4) is 0 Å². The highest BCUT2D eigenvalue weighted by Gasteiger charge is 2.21. The molecule has 4 rings (SSSR count). The predicted octanol–water partition coefficient (Wildman–Crippen LogP) is 4.30. The Morgan fingerprint density at radius 2 is 2.00 bits per heavy atom. The lowest BCUT2D eigenvalue weighted by molar-refractivity contribution is -0.141. The minimum absolute atomic E-state index is 0.264. The third-order valence-electron chi connectivity index (χ3n) is 6.92. The SMILES string of the molecule is COCCN(CCCCc1ccc2c(n1)NCCC2)CC[C@H](Nc1ccnc2ccccc12)C(=O)OC. The van der Waals surface area contributed by atoms with E-state index < -0.39 is 6.04 Å². The molecule has 0 amide bonds. The summed E-state index contributed by atoms with van der Waals surface area (Å²) < 4.78 is 10.5. The van der Waals surface area contributed by atoms with Gasteiger partial charge in [0.15, 0.2) is 0 Å². The summed E-state index contributed by atoms with van der Waals surface area (Å²) in [6, 6.07) is 13.8. The van der Waals surface area contributed by atoms with E-state index in [4.69, 9.17) is 14.5 Å². The van der Waals surface area contributed by atoms with Crippen molar-refractivity contribution >= 4 is 28.4 Å². The van der Waals surface area contributed by atoms with Gasteiger partial charge in [0.05, 0.1) is 19.2 Å². The molecular weight excluding hydrogens is 466 g/mol. The number of anilines is 2. The second kappa shape index (κ2) is 13.9. The van der Waals surface area contributed by atoms with Gasteiger partial charge in [0, 0.05) is 49.7 Å². The van der Waals surface area contributed by atoms with Crippen LogP contribution in [0.1, 0.15) is 36.9 Å². The van der Waals surface area contributed by atoms with E-state index in [1.54, 1.807) is 13.3 Å². The number of unbranched alkanes of at least 4 members (excludes halogenated alkanes) is 1. The Morgan fingerprint density at radius 3 is 2.86 bits per heavy atom. The van der Waals surface area contributed by atoms with E-state index in [-0.39, 0.29) is 5.97 Å². The van der Waals surface area contributed by atoms with Crippen LogP contribution in [-0.4, -0.2) is 73.9 Å². The van der Waals surface area contributed by atoms with E-state index in [2.05, 4.69) is 32.7 Å². The second-order valence-corrected chi connectivity index (χ2v) is 9.52. The number of aromatic nitrogens is 2. The summed E-state index contributed by atoms with van der Waals surface area (Å²) in [4.78, 5) is 24.3. The minimum Gasteiger partial charge on any atom is -0.467 e. The van der Waals surface area contributed by atoms with Crippen LogP contribution < -0.4 is 10.6 Å². The number of carbonyl (C=O) groups is 1. The van der Waals surface area contributed by atoms with Crippen molar-refractivity contribution < 1.29 is 14.3 Å². The third kappa shape index (κ3) is 7.63. The maximum Gasteiger partial charge on any atom is 0.328 e. The van der Waals surface area contributed by atoms with Crippen LogP contribution in [0, 0.1) is 0 Å². The number of benzene rings is 1. The molecule has 1 atom stereocenters. The molecule has 0 spiro atoms. The number of pyridine rings is 2. The zero-order valence-electron chi connectivity index (χ0n) is 22.0. The lowest BCUT2D eigenvalue weighted by Crippen LogP contribution is -2.37. The zero-order valence-corrected chi connectivity index (χ0v) is 22.0. The molecule has 2 aromatic heterocycles. The van der Waals surface area contributed by atoms with Gasteiger partial charge in [-0.2, -0.15) is 0 Å². The first-order valence-corrected chi connectivity index (χ1v) is 13.3. The van der Waals surface area contributed by atoms with Crippen molar-refractivity contribution in [3.8, 4) is 0 Å². The van der Waals surface area contributed by atoms with Crippen LogP contribution in [0.5, 0.6) is 0 Å². The first-order valence-electron chi connectivity index (χ1n) is 13.3. The first kappa shape index (κ1) is 26.8. The first-order chi connectivity index (χ1) is 18.2. The van der Waals surface area contributed by atoms with Gasteiger partial charge in [-0.25, -0.2) is 9.78 Å². The number of nitrogens with one attached hydrogen (secondary N) is 2. The van der Waals surface area contributed by atoms with Gasteiger partial charge < -0.3 is 25.0 Å². The fourth-order valence-electron chi connectivity index (χ4n) is 4.82. The molecule has 2 N–H and O–H groups in total. The van der Waals surface area contributed by atoms with Gasteiger partial charge in [-0.15, -0.1) is 0 Å². The summed E-state index contributed by atoms with van der Waals surface area (Å²) in [7, 11) is 3.16. The molecule has 0 radical (unpaired) electrons. The van der Waals surface area contributed by atoms with Crippen molar-refractivity contribution in [2.24, 2.45) is 0 Å². The van der Waals surface area contributed by atoms with E-state index in [0.717, 1.165) is 80.0 Å². The van der Waals surface area contributed by atoms with E-state index >= 15 is 0 Å². The summed E-state index contributed by atoms with van der Waals surface area (Å²) in [5.74, 6) is 0.800. The van der Waals surface area contributed by atoms with E-state index in [9.17, 15) is 4.79 Å². The molecule has 0 bridgehead atoms. The number of aryl methyl sites for hydroxylation is 2. The highest BCUT2D eigenvalue weighted by Crippen LogP contribution is 2.23. The quantitative estimate of drug-likeness (QED) is 0.248. The molecule has 0 saturated carbocycles. The lowest BCUT2D eigenvalue weighted by Gasteiger charge is -2.25. The van der Waals surface area contributed by atoms with Crippen molar-refractivity contribution in [2.75, 3.05) is 57.6 Å². The molecule has 8 heteroatoms. The van der Waals surface area contributed by atoms with Crippen molar-refractivity contribution in [3.05, 3.63) is 59.9 Å².